The molecule has 3 heteroatoms. The van der Waals surface area contributed by atoms with E-state index in [1.807, 2.05) is 18.5 Å². The second-order valence-electron chi connectivity index (χ2n) is 4.74. The van der Waals surface area contributed by atoms with Gasteiger partial charge in [0.15, 0.2) is 0 Å². The largest absolute Gasteiger partial charge is 0.493 e. The lowest BCUT2D eigenvalue weighted by Crippen LogP contribution is -2.22. The molecule has 0 spiro atoms. The molecule has 19 heavy (non-hydrogen) atoms. The first-order valence-electron chi connectivity index (χ1n) is 6.77. The van der Waals surface area contributed by atoms with E-state index in [0.29, 0.717) is 0 Å². The molecule has 0 saturated carbocycles. The topological polar surface area (TPSA) is 34.2 Å². The van der Waals surface area contributed by atoms with Crippen LogP contribution in [0.3, 0.4) is 0 Å². The van der Waals surface area contributed by atoms with Gasteiger partial charge in [0.1, 0.15) is 5.75 Å². The van der Waals surface area contributed by atoms with Crippen LogP contribution < -0.4 is 10.1 Å². The van der Waals surface area contributed by atoms with Gasteiger partial charge in [-0.3, -0.25) is 4.98 Å². The van der Waals surface area contributed by atoms with Crippen LogP contribution in [0.2, 0.25) is 0 Å². The number of hydrogen-bond donors (Lipinski definition) is 1. The zero-order chi connectivity index (χ0) is 13.1. The van der Waals surface area contributed by atoms with Gasteiger partial charge in [0.2, 0.25) is 0 Å². The fraction of sp³-hybridized carbons (Fsp3) is 0.312. The molecule has 1 aromatic heterocycles. The average Bonchev–Trinajstić information content (AvgIpc) is 2.93. The van der Waals surface area contributed by atoms with Crippen molar-refractivity contribution in [1.82, 2.24) is 10.3 Å². The van der Waals surface area contributed by atoms with Gasteiger partial charge in [-0.15, -0.1) is 0 Å². The van der Waals surface area contributed by atoms with Crippen molar-refractivity contribution in [3.05, 3.63) is 59.4 Å². The molecule has 0 radical (unpaired) electrons. The maximum atomic E-state index is 5.57. The highest BCUT2D eigenvalue weighted by Gasteiger charge is 2.17. The molecule has 2 aromatic rings. The fourth-order valence-corrected chi connectivity index (χ4v) is 2.57. The van der Waals surface area contributed by atoms with Crippen molar-refractivity contribution in [2.24, 2.45) is 0 Å². The zero-order valence-corrected chi connectivity index (χ0v) is 11.1. The van der Waals surface area contributed by atoms with Gasteiger partial charge in [-0.25, -0.2) is 0 Å². The van der Waals surface area contributed by atoms with E-state index in [0.717, 1.165) is 25.3 Å². The molecule has 1 aromatic carbocycles. The highest BCUT2D eigenvalue weighted by Crippen LogP contribution is 2.30. The molecule has 0 fully saturated rings. The molecule has 1 aliphatic rings. The lowest BCUT2D eigenvalue weighted by atomic mass is 9.97. The first-order chi connectivity index (χ1) is 9.38. The Labute approximate surface area is 113 Å². The third-order valence-electron chi connectivity index (χ3n) is 3.47. The highest BCUT2D eigenvalue weighted by atomic mass is 16.5. The van der Waals surface area contributed by atoms with Gasteiger partial charge >= 0.3 is 0 Å². The molecule has 1 N–H and O–H groups in total. The fourth-order valence-electron chi connectivity index (χ4n) is 2.57. The summed E-state index contributed by atoms with van der Waals surface area (Å²) in [6.45, 7) is 3.85. The van der Waals surface area contributed by atoms with Gasteiger partial charge in [0.25, 0.3) is 0 Å². The minimum atomic E-state index is 0.199. The Morgan fingerprint density at radius 1 is 1.32 bits per heavy atom. The predicted octanol–water partition coefficient (Wildman–Crippen LogP) is 2.72. The van der Waals surface area contributed by atoms with Crippen molar-refractivity contribution < 1.29 is 4.74 Å². The smallest absolute Gasteiger partial charge is 0.122 e. The first-order valence-corrected chi connectivity index (χ1v) is 6.77. The molecule has 2 heterocycles. The SMILES string of the molecule is CCN[C@@H](c1cccnc1)c1ccc2c(c1)CCO2. The molecule has 0 amide bonds. The van der Waals surface area contributed by atoms with E-state index in [4.69, 9.17) is 4.74 Å². The minimum absolute atomic E-state index is 0.199. The Balaban J connectivity index is 1.96. The Morgan fingerprint density at radius 3 is 3.05 bits per heavy atom. The molecule has 0 saturated heterocycles. The van der Waals surface area contributed by atoms with Gasteiger partial charge in [-0.05, 0) is 35.4 Å². The number of benzene rings is 1. The average molecular weight is 254 g/mol. The number of pyridine rings is 1. The van der Waals surface area contributed by atoms with Crippen molar-refractivity contribution in [2.75, 3.05) is 13.2 Å². The van der Waals surface area contributed by atoms with Gasteiger partial charge in [-0.1, -0.05) is 25.1 Å². The van der Waals surface area contributed by atoms with E-state index in [1.165, 1.54) is 16.7 Å². The van der Waals surface area contributed by atoms with Crippen LogP contribution in [-0.4, -0.2) is 18.1 Å². The Hall–Kier alpha value is -1.87. The van der Waals surface area contributed by atoms with Crippen molar-refractivity contribution in [3.8, 4) is 5.75 Å². The third kappa shape index (κ3) is 2.47. The Kier molecular flexibility index (Phi) is 3.47. The molecular weight excluding hydrogens is 236 g/mol. The van der Waals surface area contributed by atoms with E-state index >= 15 is 0 Å². The van der Waals surface area contributed by atoms with Crippen LogP contribution in [0, 0.1) is 0 Å². The van der Waals surface area contributed by atoms with Crippen LogP contribution in [0.4, 0.5) is 0 Å². The number of hydrogen-bond acceptors (Lipinski definition) is 3. The van der Waals surface area contributed by atoms with Gasteiger partial charge < -0.3 is 10.1 Å². The molecule has 98 valence electrons. The third-order valence-corrected chi connectivity index (χ3v) is 3.47. The predicted molar refractivity (Wildman–Crippen MR) is 75.4 cm³/mol. The van der Waals surface area contributed by atoms with E-state index in [2.05, 4.69) is 41.5 Å². The molecule has 0 unspecified atom stereocenters. The van der Waals surface area contributed by atoms with Crippen molar-refractivity contribution in [3.63, 3.8) is 0 Å². The van der Waals surface area contributed by atoms with Gasteiger partial charge in [0, 0.05) is 18.8 Å². The second kappa shape index (κ2) is 5.41. The molecule has 1 aliphatic heterocycles. The summed E-state index contributed by atoms with van der Waals surface area (Å²) in [6, 6.07) is 10.8. The molecular formula is C16H18N2O. The minimum Gasteiger partial charge on any atom is -0.493 e. The summed E-state index contributed by atoms with van der Waals surface area (Å²) in [6.07, 6.45) is 4.75. The van der Waals surface area contributed by atoms with Crippen molar-refractivity contribution in [2.45, 2.75) is 19.4 Å². The Bertz CT molecular complexity index is 554. The van der Waals surface area contributed by atoms with E-state index < -0.39 is 0 Å². The monoisotopic (exact) mass is 254 g/mol. The second-order valence-corrected chi connectivity index (χ2v) is 4.74. The summed E-state index contributed by atoms with van der Waals surface area (Å²) in [5.74, 6) is 1.03. The zero-order valence-electron chi connectivity index (χ0n) is 11.1. The maximum absolute atomic E-state index is 5.57. The van der Waals surface area contributed by atoms with Crippen LogP contribution in [0.1, 0.15) is 29.7 Å². The molecule has 1 atom stereocenters. The molecule has 3 rings (SSSR count). The lowest BCUT2D eigenvalue weighted by molar-refractivity contribution is 0.357. The summed E-state index contributed by atoms with van der Waals surface area (Å²) in [5, 5.41) is 3.53. The summed E-state index contributed by atoms with van der Waals surface area (Å²) in [7, 11) is 0. The van der Waals surface area contributed by atoms with Crippen LogP contribution in [0.25, 0.3) is 0 Å². The van der Waals surface area contributed by atoms with Crippen LogP contribution in [0.15, 0.2) is 42.7 Å². The lowest BCUT2D eigenvalue weighted by Gasteiger charge is -2.19. The first kappa shape index (κ1) is 12.2. The number of aromatic nitrogens is 1. The van der Waals surface area contributed by atoms with Crippen molar-refractivity contribution in [1.29, 1.82) is 0 Å². The normalized spacial score (nSPS) is 14.8. The quantitative estimate of drug-likeness (QED) is 0.911. The molecule has 3 nitrogen and oxygen atoms in total. The van der Waals surface area contributed by atoms with Crippen molar-refractivity contribution >= 4 is 0 Å². The van der Waals surface area contributed by atoms with Gasteiger partial charge in [0.05, 0.1) is 12.6 Å². The van der Waals surface area contributed by atoms with Gasteiger partial charge in [-0.2, -0.15) is 0 Å². The number of nitrogens with zero attached hydrogens (tertiary/aromatic N) is 1. The number of rotatable bonds is 4. The summed E-state index contributed by atoms with van der Waals surface area (Å²) < 4.78 is 5.57. The standard InChI is InChI=1S/C16H18N2O/c1-2-18-16(14-4-3-8-17-11-14)13-5-6-15-12(10-13)7-9-19-15/h3-6,8,10-11,16,18H,2,7,9H2,1H3/t16-/m1/s1. The van der Waals surface area contributed by atoms with E-state index in [-0.39, 0.29) is 6.04 Å². The van der Waals surface area contributed by atoms with E-state index in [9.17, 15) is 0 Å². The maximum Gasteiger partial charge on any atom is 0.122 e. The number of nitrogens with one attached hydrogen (secondary N) is 1. The van der Waals surface area contributed by atoms with E-state index in [1.54, 1.807) is 0 Å². The molecule has 0 bridgehead atoms. The van der Waals surface area contributed by atoms with Crippen LogP contribution >= 0.6 is 0 Å². The number of ether oxygens (including phenoxy) is 1. The summed E-state index contributed by atoms with van der Waals surface area (Å²) in [5.41, 5.74) is 3.78. The Morgan fingerprint density at radius 2 is 2.26 bits per heavy atom. The highest BCUT2D eigenvalue weighted by molar-refractivity contribution is 5.43. The molecule has 0 aliphatic carbocycles. The number of fused-ring (bicyclic) bond motifs is 1. The summed E-state index contributed by atoms with van der Waals surface area (Å²) >= 11 is 0. The van der Waals surface area contributed by atoms with Crippen LogP contribution in [-0.2, 0) is 6.42 Å². The summed E-state index contributed by atoms with van der Waals surface area (Å²) in [4.78, 5) is 4.22. The van der Waals surface area contributed by atoms with Crippen LogP contribution in [0.5, 0.6) is 5.75 Å².